The molecule has 96 valence electrons. The maximum Gasteiger partial charge on any atom is 0.135 e. The van der Waals surface area contributed by atoms with Gasteiger partial charge in [0.05, 0.1) is 6.04 Å². The fraction of sp³-hybridized carbons (Fsp3) is 0.385. The molecule has 0 aliphatic heterocycles. The van der Waals surface area contributed by atoms with Crippen molar-refractivity contribution in [1.82, 2.24) is 9.97 Å². The summed E-state index contributed by atoms with van der Waals surface area (Å²) in [5.74, 6) is 1.42. The molecule has 0 bridgehead atoms. The van der Waals surface area contributed by atoms with Crippen LogP contribution in [0.1, 0.15) is 36.8 Å². The van der Waals surface area contributed by atoms with Gasteiger partial charge < -0.3 is 11.1 Å². The minimum absolute atomic E-state index is 0.282. The van der Waals surface area contributed by atoms with E-state index in [2.05, 4.69) is 46.6 Å². The zero-order valence-corrected chi connectivity index (χ0v) is 11.5. The average molecular weight is 262 g/mol. The fourth-order valence-corrected chi connectivity index (χ4v) is 2.79. The first-order chi connectivity index (χ1) is 8.76. The van der Waals surface area contributed by atoms with Crippen LogP contribution in [0.2, 0.25) is 0 Å². The molecule has 1 atom stereocenters. The highest BCUT2D eigenvalue weighted by Crippen LogP contribution is 2.28. The summed E-state index contributed by atoms with van der Waals surface area (Å²) in [5, 5.41) is 5.56. The Bertz CT molecular complexity index is 496. The summed E-state index contributed by atoms with van der Waals surface area (Å²) in [4.78, 5) is 9.66. The highest BCUT2D eigenvalue weighted by Gasteiger charge is 2.14. The van der Waals surface area contributed by atoms with Gasteiger partial charge in [-0.2, -0.15) is 0 Å². The van der Waals surface area contributed by atoms with Crippen molar-refractivity contribution in [2.45, 2.75) is 32.7 Å². The van der Waals surface area contributed by atoms with Gasteiger partial charge in [-0.15, -0.1) is 11.3 Å². The summed E-state index contributed by atoms with van der Waals surface area (Å²) in [6.07, 6.45) is 3.35. The molecule has 0 spiro atoms. The zero-order chi connectivity index (χ0) is 13.0. The highest BCUT2D eigenvalue weighted by atomic mass is 32.1. The fourth-order valence-electron chi connectivity index (χ4n) is 1.93. The minimum atomic E-state index is 0.282. The third kappa shape index (κ3) is 2.61. The SMILES string of the molecule is CCc1c(N)ncnc1NC(CC)c1cccs1. The van der Waals surface area contributed by atoms with Crippen LogP contribution in [0, 0.1) is 0 Å². The van der Waals surface area contributed by atoms with Crippen LogP contribution in [0.4, 0.5) is 11.6 Å². The van der Waals surface area contributed by atoms with Gasteiger partial charge in [0.2, 0.25) is 0 Å². The second-order valence-electron chi connectivity index (χ2n) is 4.06. The Morgan fingerprint density at radius 1 is 1.39 bits per heavy atom. The second kappa shape index (κ2) is 5.82. The van der Waals surface area contributed by atoms with Crippen LogP contribution in [0.3, 0.4) is 0 Å². The zero-order valence-electron chi connectivity index (χ0n) is 10.7. The van der Waals surface area contributed by atoms with E-state index in [4.69, 9.17) is 5.73 Å². The predicted octanol–water partition coefficient (Wildman–Crippen LogP) is 3.25. The van der Waals surface area contributed by atoms with Gasteiger partial charge in [0, 0.05) is 10.4 Å². The van der Waals surface area contributed by atoms with Crippen LogP contribution in [-0.4, -0.2) is 9.97 Å². The molecule has 2 aromatic rings. The van der Waals surface area contributed by atoms with Crippen molar-refractivity contribution in [1.29, 1.82) is 0 Å². The van der Waals surface area contributed by atoms with E-state index in [1.807, 2.05) is 0 Å². The molecule has 0 aromatic carbocycles. The molecule has 0 saturated heterocycles. The van der Waals surface area contributed by atoms with E-state index in [0.29, 0.717) is 5.82 Å². The van der Waals surface area contributed by atoms with Gasteiger partial charge in [0.25, 0.3) is 0 Å². The summed E-state index contributed by atoms with van der Waals surface area (Å²) in [5.41, 5.74) is 6.87. The van der Waals surface area contributed by atoms with Gasteiger partial charge in [-0.05, 0) is 24.3 Å². The Morgan fingerprint density at radius 3 is 2.83 bits per heavy atom. The van der Waals surface area contributed by atoms with Gasteiger partial charge in [0.1, 0.15) is 18.0 Å². The molecule has 0 amide bonds. The summed E-state index contributed by atoms with van der Waals surface area (Å²) >= 11 is 1.76. The molecule has 0 fully saturated rings. The van der Waals surface area contributed by atoms with Crippen molar-refractivity contribution >= 4 is 23.0 Å². The normalized spacial score (nSPS) is 12.3. The molecule has 4 nitrogen and oxygen atoms in total. The summed E-state index contributed by atoms with van der Waals surface area (Å²) in [6.45, 7) is 4.22. The Kier molecular flexibility index (Phi) is 4.15. The lowest BCUT2D eigenvalue weighted by molar-refractivity contribution is 0.755. The molecule has 1 unspecified atom stereocenters. The van der Waals surface area contributed by atoms with Crippen molar-refractivity contribution in [2.75, 3.05) is 11.1 Å². The van der Waals surface area contributed by atoms with E-state index in [1.165, 1.54) is 11.2 Å². The number of thiophene rings is 1. The van der Waals surface area contributed by atoms with Crippen LogP contribution < -0.4 is 11.1 Å². The molecule has 2 aromatic heterocycles. The topological polar surface area (TPSA) is 63.8 Å². The first-order valence-corrected chi connectivity index (χ1v) is 7.03. The first kappa shape index (κ1) is 12.8. The summed E-state index contributed by atoms with van der Waals surface area (Å²) in [6, 6.07) is 4.49. The van der Waals surface area contributed by atoms with E-state index in [0.717, 1.165) is 24.2 Å². The molecule has 2 rings (SSSR count). The lowest BCUT2D eigenvalue weighted by atomic mass is 10.1. The van der Waals surface area contributed by atoms with Crippen molar-refractivity contribution in [2.24, 2.45) is 0 Å². The molecule has 0 aliphatic rings. The van der Waals surface area contributed by atoms with Crippen molar-refractivity contribution in [3.8, 4) is 0 Å². The Morgan fingerprint density at radius 2 is 2.22 bits per heavy atom. The Balaban J connectivity index is 2.25. The first-order valence-electron chi connectivity index (χ1n) is 6.15. The third-order valence-corrected chi connectivity index (χ3v) is 3.92. The quantitative estimate of drug-likeness (QED) is 0.868. The summed E-state index contributed by atoms with van der Waals surface area (Å²) in [7, 11) is 0. The van der Waals surface area contributed by atoms with Crippen LogP contribution in [0.5, 0.6) is 0 Å². The summed E-state index contributed by atoms with van der Waals surface area (Å²) < 4.78 is 0. The largest absolute Gasteiger partial charge is 0.383 e. The Labute approximate surface area is 111 Å². The molecule has 2 heterocycles. The predicted molar refractivity (Wildman–Crippen MR) is 76.8 cm³/mol. The van der Waals surface area contributed by atoms with E-state index >= 15 is 0 Å². The number of nitrogens with two attached hydrogens (primary N) is 1. The second-order valence-corrected chi connectivity index (χ2v) is 5.04. The number of hydrogen-bond donors (Lipinski definition) is 2. The third-order valence-electron chi connectivity index (χ3n) is 2.94. The van der Waals surface area contributed by atoms with Gasteiger partial charge in [-0.25, -0.2) is 9.97 Å². The van der Waals surface area contributed by atoms with Crippen LogP contribution in [0.25, 0.3) is 0 Å². The number of hydrogen-bond acceptors (Lipinski definition) is 5. The minimum Gasteiger partial charge on any atom is -0.383 e. The van der Waals surface area contributed by atoms with E-state index < -0.39 is 0 Å². The van der Waals surface area contributed by atoms with E-state index in [9.17, 15) is 0 Å². The standard InChI is InChI=1S/C13H18N4S/c1-3-9-12(14)15-8-16-13(9)17-10(4-2)11-6-5-7-18-11/h5-8,10H,3-4H2,1-2H3,(H3,14,15,16,17). The number of rotatable bonds is 5. The lowest BCUT2D eigenvalue weighted by Gasteiger charge is -2.18. The number of nitrogens with one attached hydrogen (secondary N) is 1. The van der Waals surface area contributed by atoms with E-state index in [1.54, 1.807) is 11.3 Å². The number of aromatic nitrogens is 2. The van der Waals surface area contributed by atoms with Crippen molar-refractivity contribution < 1.29 is 0 Å². The molecule has 0 radical (unpaired) electrons. The van der Waals surface area contributed by atoms with Crippen LogP contribution >= 0.6 is 11.3 Å². The molecular weight excluding hydrogens is 244 g/mol. The van der Waals surface area contributed by atoms with Gasteiger partial charge in [-0.3, -0.25) is 0 Å². The smallest absolute Gasteiger partial charge is 0.135 e. The molecule has 0 aliphatic carbocycles. The maximum atomic E-state index is 5.88. The highest BCUT2D eigenvalue weighted by molar-refractivity contribution is 7.10. The lowest BCUT2D eigenvalue weighted by Crippen LogP contribution is -2.12. The number of anilines is 2. The number of nitrogens with zero attached hydrogens (tertiary/aromatic N) is 2. The maximum absolute atomic E-state index is 5.88. The van der Waals surface area contributed by atoms with Gasteiger partial charge in [-0.1, -0.05) is 19.9 Å². The van der Waals surface area contributed by atoms with E-state index in [-0.39, 0.29) is 6.04 Å². The Hall–Kier alpha value is -1.62. The molecular formula is C13H18N4S. The molecule has 3 N–H and O–H groups in total. The van der Waals surface area contributed by atoms with Gasteiger partial charge in [0.15, 0.2) is 0 Å². The van der Waals surface area contributed by atoms with Crippen molar-refractivity contribution in [3.63, 3.8) is 0 Å². The molecule has 18 heavy (non-hydrogen) atoms. The van der Waals surface area contributed by atoms with Crippen molar-refractivity contribution in [3.05, 3.63) is 34.3 Å². The molecule has 0 saturated carbocycles. The monoisotopic (exact) mass is 262 g/mol. The van der Waals surface area contributed by atoms with Crippen LogP contribution in [0.15, 0.2) is 23.8 Å². The number of nitrogen functional groups attached to an aromatic ring is 1. The van der Waals surface area contributed by atoms with Crippen LogP contribution in [-0.2, 0) is 6.42 Å². The molecule has 5 heteroatoms. The van der Waals surface area contributed by atoms with Gasteiger partial charge >= 0.3 is 0 Å². The average Bonchev–Trinajstić information content (AvgIpc) is 2.89.